The predicted molar refractivity (Wildman–Crippen MR) is 82.7 cm³/mol. The van der Waals surface area contributed by atoms with Crippen LogP contribution in [-0.4, -0.2) is 42.9 Å². The average molecular weight is 313 g/mol. The quantitative estimate of drug-likeness (QED) is 0.774. The molecule has 2 rings (SSSR count). The van der Waals surface area contributed by atoms with Crippen molar-refractivity contribution in [3.8, 4) is 0 Å². The molecule has 0 bridgehead atoms. The van der Waals surface area contributed by atoms with Crippen molar-refractivity contribution in [2.45, 2.75) is 25.4 Å². The van der Waals surface area contributed by atoms with Crippen molar-refractivity contribution in [2.75, 3.05) is 31.6 Å². The fourth-order valence-corrected chi connectivity index (χ4v) is 2.43. The van der Waals surface area contributed by atoms with Gasteiger partial charge in [0.2, 0.25) is 5.91 Å². The topological polar surface area (TPSA) is 70.6 Å². The zero-order chi connectivity index (χ0) is 15.3. The van der Waals surface area contributed by atoms with E-state index in [0.29, 0.717) is 43.3 Å². The highest BCUT2D eigenvalue weighted by Gasteiger charge is 2.29. The molecule has 0 atom stereocenters. The van der Waals surface area contributed by atoms with Crippen molar-refractivity contribution in [2.24, 2.45) is 0 Å². The summed E-state index contributed by atoms with van der Waals surface area (Å²) in [6.45, 7) is 3.57. The van der Waals surface area contributed by atoms with E-state index < -0.39 is 5.60 Å². The first kappa shape index (κ1) is 16.2. The SMILES string of the molecule is Cc1ccc(Cl)cc1NC(=O)CNCC1(O)CCOCC1. The number of halogens is 1. The summed E-state index contributed by atoms with van der Waals surface area (Å²) in [5, 5.41) is 16.7. The Kier molecular flexibility index (Phi) is 5.58. The van der Waals surface area contributed by atoms with Crippen LogP contribution in [0.5, 0.6) is 0 Å². The molecule has 116 valence electrons. The van der Waals surface area contributed by atoms with Gasteiger partial charge in [0.1, 0.15) is 0 Å². The van der Waals surface area contributed by atoms with Crippen LogP contribution in [0.25, 0.3) is 0 Å². The van der Waals surface area contributed by atoms with Crippen molar-refractivity contribution < 1.29 is 14.6 Å². The van der Waals surface area contributed by atoms with Crippen molar-refractivity contribution in [3.05, 3.63) is 28.8 Å². The van der Waals surface area contributed by atoms with E-state index in [0.717, 1.165) is 5.56 Å². The summed E-state index contributed by atoms with van der Waals surface area (Å²) in [5.74, 6) is -0.156. The van der Waals surface area contributed by atoms with Crippen LogP contribution in [0.15, 0.2) is 18.2 Å². The van der Waals surface area contributed by atoms with Gasteiger partial charge in [0.15, 0.2) is 0 Å². The second kappa shape index (κ2) is 7.22. The Hall–Kier alpha value is -1.14. The number of hydrogen-bond acceptors (Lipinski definition) is 4. The number of amides is 1. The maximum atomic E-state index is 11.9. The monoisotopic (exact) mass is 312 g/mol. The van der Waals surface area contributed by atoms with E-state index in [1.165, 1.54) is 0 Å². The molecule has 1 saturated heterocycles. The van der Waals surface area contributed by atoms with Gasteiger partial charge in [0.05, 0.1) is 12.1 Å². The van der Waals surface area contributed by atoms with Gasteiger partial charge in [-0.25, -0.2) is 0 Å². The molecule has 1 aliphatic rings. The number of benzene rings is 1. The summed E-state index contributed by atoms with van der Waals surface area (Å²) < 4.78 is 5.22. The lowest BCUT2D eigenvalue weighted by Crippen LogP contribution is -2.46. The normalized spacial score (nSPS) is 17.5. The number of ether oxygens (including phenoxy) is 1. The maximum absolute atomic E-state index is 11.9. The van der Waals surface area contributed by atoms with Gasteiger partial charge in [0, 0.05) is 43.3 Å². The number of aryl methyl sites for hydroxylation is 1. The first-order valence-corrected chi connectivity index (χ1v) is 7.43. The molecule has 1 aromatic rings. The molecule has 1 aliphatic heterocycles. The molecule has 3 N–H and O–H groups in total. The van der Waals surface area contributed by atoms with Crippen molar-refractivity contribution in [1.29, 1.82) is 0 Å². The van der Waals surface area contributed by atoms with Gasteiger partial charge in [-0.05, 0) is 24.6 Å². The molecule has 0 aromatic heterocycles. The predicted octanol–water partition coefficient (Wildman–Crippen LogP) is 1.72. The van der Waals surface area contributed by atoms with Crippen LogP contribution in [0, 0.1) is 6.92 Å². The van der Waals surface area contributed by atoms with Crippen LogP contribution in [-0.2, 0) is 9.53 Å². The summed E-state index contributed by atoms with van der Waals surface area (Å²) >= 11 is 5.91. The molecular formula is C15H21ClN2O3. The van der Waals surface area contributed by atoms with Crippen molar-refractivity contribution in [1.82, 2.24) is 5.32 Å². The Bertz CT molecular complexity index is 502. The third-order valence-corrected chi connectivity index (χ3v) is 3.87. The first-order chi connectivity index (χ1) is 9.98. The van der Waals surface area contributed by atoms with Gasteiger partial charge < -0.3 is 20.5 Å². The summed E-state index contributed by atoms with van der Waals surface area (Å²) in [4.78, 5) is 11.9. The second-order valence-corrected chi connectivity index (χ2v) is 5.88. The second-order valence-electron chi connectivity index (χ2n) is 5.45. The Morgan fingerprint density at radius 2 is 2.14 bits per heavy atom. The highest BCUT2D eigenvalue weighted by molar-refractivity contribution is 6.31. The van der Waals surface area contributed by atoms with Crippen LogP contribution < -0.4 is 10.6 Å². The highest BCUT2D eigenvalue weighted by atomic mass is 35.5. The third kappa shape index (κ3) is 4.97. The molecule has 0 spiro atoms. The zero-order valence-corrected chi connectivity index (χ0v) is 12.9. The van der Waals surface area contributed by atoms with Crippen molar-refractivity contribution >= 4 is 23.2 Å². The Morgan fingerprint density at radius 1 is 1.43 bits per heavy atom. The van der Waals surface area contributed by atoms with Gasteiger partial charge in [-0.1, -0.05) is 17.7 Å². The van der Waals surface area contributed by atoms with Gasteiger partial charge in [-0.2, -0.15) is 0 Å². The maximum Gasteiger partial charge on any atom is 0.238 e. The van der Waals surface area contributed by atoms with E-state index in [1.807, 2.05) is 13.0 Å². The lowest BCUT2D eigenvalue weighted by atomic mass is 9.94. The lowest BCUT2D eigenvalue weighted by molar-refractivity contribution is -0.115. The van der Waals surface area contributed by atoms with E-state index in [9.17, 15) is 9.90 Å². The Balaban J connectivity index is 1.78. The largest absolute Gasteiger partial charge is 0.388 e. The summed E-state index contributed by atoms with van der Waals surface area (Å²) in [7, 11) is 0. The number of hydrogen-bond donors (Lipinski definition) is 3. The minimum Gasteiger partial charge on any atom is -0.388 e. The molecule has 21 heavy (non-hydrogen) atoms. The summed E-state index contributed by atoms with van der Waals surface area (Å²) in [6.07, 6.45) is 1.18. The van der Waals surface area contributed by atoms with Crippen LogP contribution in [0.4, 0.5) is 5.69 Å². The third-order valence-electron chi connectivity index (χ3n) is 3.64. The summed E-state index contributed by atoms with van der Waals surface area (Å²) in [6, 6.07) is 5.36. The number of nitrogens with one attached hydrogen (secondary N) is 2. The molecule has 0 unspecified atom stereocenters. The Morgan fingerprint density at radius 3 is 2.86 bits per heavy atom. The molecule has 1 aromatic carbocycles. The first-order valence-electron chi connectivity index (χ1n) is 7.05. The van der Waals surface area contributed by atoms with E-state index in [1.54, 1.807) is 12.1 Å². The minimum atomic E-state index is -0.773. The van der Waals surface area contributed by atoms with Gasteiger partial charge >= 0.3 is 0 Å². The molecule has 0 saturated carbocycles. The van der Waals surface area contributed by atoms with E-state index >= 15 is 0 Å². The number of aliphatic hydroxyl groups is 1. The fourth-order valence-electron chi connectivity index (χ4n) is 2.26. The highest BCUT2D eigenvalue weighted by Crippen LogP contribution is 2.20. The van der Waals surface area contributed by atoms with E-state index in [-0.39, 0.29) is 12.5 Å². The number of rotatable bonds is 5. The molecule has 0 aliphatic carbocycles. The lowest BCUT2D eigenvalue weighted by Gasteiger charge is -2.32. The molecule has 6 heteroatoms. The van der Waals surface area contributed by atoms with Crippen LogP contribution in [0.1, 0.15) is 18.4 Å². The standard InChI is InChI=1S/C15H21ClN2O3/c1-11-2-3-12(16)8-13(11)18-14(19)9-17-10-15(20)4-6-21-7-5-15/h2-3,8,17,20H,4-7,9-10H2,1H3,(H,18,19). The molecular weight excluding hydrogens is 292 g/mol. The van der Waals surface area contributed by atoms with Gasteiger partial charge in [-0.3, -0.25) is 4.79 Å². The van der Waals surface area contributed by atoms with Crippen LogP contribution in [0.2, 0.25) is 5.02 Å². The average Bonchev–Trinajstić information content (AvgIpc) is 2.43. The molecule has 1 heterocycles. The van der Waals surface area contributed by atoms with E-state index in [2.05, 4.69) is 10.6 Å². The van der Waals surface area contributed by atoms with E-state index in [4.69, 9.17) is 16.3 Å². The number of anilines is 1. The zero-order valence-electron chi connectivity index (χ0n) is 12.1. The van der Waals surface area contributed by atoms with Crippen molar-refractivity contribution in [3.63, 3.8) is 0 Å². The van der Waals surface area contributed by atoms with Gasteiger partial charge in [-0.15, -0.1) is 0 Å². The molecule has 1 amide bonds. The minimum absolute atomic E-state index is 0.148. The fraction of sp³-hybridized carbons (Fsp3) is 0.533. The smallest absolute Gasteiger partial charge is 0.238 e. The Labute approximate surface area is 129 Å². The van der Waals surface area contributed by atoms with Crippen LogP contribution >= 0.6 is 11.6 Å². The number of carbonyl (C=O) groups is 1. The van der Waals surface area contributed by atoms with Gasteiger partial charge in [0.25, 0.3) is 0 Å². The molecule has 5 nitrogen and oxygen atoms in total. The molecule has 1 fully saturated rings. The number of carbonyl (C=O) groups excluding carboxylic acids is 1. The van der Waals surface area contributed by atoms with Crippen LogP contribution in [0.3, 0.4) is 0 Å². The molecule has 0 radical (unpaired) electrons. The summed E-state index contributed by atoms with van der Waals surface area (Å²) in [5.41, 5.74) is 0.889.